The van der Waals surface area contributed by atoms with Crippen LogP contribution in [0.1, 0.15) is 18.4 Å². The first-order chi connectivity index (χ1) is 10.3. The number of aryl methyl sites for hydroxylation is 1. The Balaban J connectivity index is 2.19. The molecule has 3 N–H and O–H groups in total. The van der Waals surface area contributed by atoms with Crippen molar-refractivity contribution in [3.05, 3.63) is 23.8 Å². The highest BCUT2D eigenvalue weighted by Crippen LogP contribution is 2.19. The topological polar surface area (TPSA) is 104 Å². The summed E-state index contributed by atoms with van der Waals surface area (Å²) in [6.07, 6.45) is 1.99. The van der Waals surface area contributed by atoms with E-state index in [0.717, 1.165) is 19.4 Å². The van der Waals surface area contributed by atoms with Gasteiger partial charge in [-0.3, -0.25) is 0 Å². The molecule has 1 heterocycles. The molecule has 124 valence electrons. The zero-order valence-corrected chi connectivity index (χ0v) is 14.2. The molecule has 1 aromatic rings. The molecule has 0 radical (unpaired) electrons. The van der Waals surface area contributed by atoms with Crippen LogP contribution in [0.25, 0.3) is 0 Å². The van der Waals surface area contributed by atoms with Crippen LogP contribution >= 0.6 is 0 Å². The van der Waals surface area contributed by atoms with Crippen LogP contribution in [-0.4, -0.2) is 43.0 Å². The maximum Gasteiger partial charge on any atom is 0.240 e. The van der Waals surface area contributed by atoms with E-state index in [4.69, 9.17) is 0 Å². The number of hydrogen-bond donors (Lipinski definition) is 3. The predicted octanol–water partition coefficient (Wildman–Crippen LogP) is -0.0666. The SMILES string of the molecule is CNS(=O)(=O)c1ccc(S(=O)(=O)NCC2CCCN2)cc1C. The third kappa shape index (κ3) is 3.85. The lowest BCUT2D eigenvalue weighted by Crippen LogP contribution is -2.37. The van der Waals surface area contributed by atoms with E-state index in [0.29, 0.717) is 12.1 Å². The van der Waals surface area contributed by atoms with Crippen molar-refractivity contribution in [1.82, 2.24) is 14.8 Å². The first-order valence-electron chi connectivity index (χ1n) is 7.03. The fraction of sp³-hybridized carbons (Fsp3) is 0.538. The van der Waals surface area contributed by atoms with Crippen molar-refractivity contribution in [2.75, 3.05) is 20.1 Å². The molecule has 1 fully saturated rings. The van der Waals surface area contributed by atoms with Gasteiger partial charge in [0.1, 0.15) is 0 Å². The number of benzene rings is 1. The Bertz CT molecular complexity index is 739. The molecule has 0 bridgehead atoms. The molecule has 1 aromatic carbocycles. The molecule has 9 heteroatoms. The lowest BCUT2D eigenvalue weighted by atomic mass is 10.2. The van der Waals surface area contributed by atoms with Crippen LogP contribution in [0.5, 0.6) is 0 Å². The Morgan fingerprint density at radius 1 is 1.23 bits per heavy atom. The molecule has 1 aliphatic rings. The number of rotatable bonds is 6. The molecule has 0 spiro atoms. The first-order valence-corrected chi connectivity index (χ1v) is 10.00. The van der Waals surface area contributed by atoms with E-state index in [1.807, 2.05) is 0 Å². The quantitative estimate of drug-likeness (QED) is 0.668. The molecule has 7 nitrogen and oxygen atoms in total. The summed E-state index contributed by atoms with van der Waals surface area (Å²) in [6.45, 7) is 2.81. The van der Waals surface area contributed by atoms with E-state index >= 15 is 0 Å². The largest absolute Gasteiger partial charge is 0.313 e. The molecule has 1 aliphatic heterocycles. The van der Waals surface area contributed by atoms with E-state index in [9.17, 15) is 16.8 Å². The van der Waals surface area contributed by atoms with Crippen molar-refractivity contribution in [2.24, 2.45) is 0 Å². The molecule has 1 unspecified atom stereocenters. The van der Waals surface area contributed by atoms with Crippen molar-refractivity contribution in [1.29, 1.82) is 0 Å². The number of sulfonamides is 2. The predicted molar refractivity (Wildman–Crippen MR) is 83.6 cm³/mol. The monoisotopic (exact) mass is 347 g/mol. The maximum atomic E-state index is 12.3. The van der Waals surface area contributed by atoms with Gasteiger partial charge in [-0.2, -0.15) is 0 Å². The van der Waals surface area contributed by atoms with Gasteiger partial charge in [0.05, 0.1) is 9.79 Å². The second-order valence-electron chi connectivity index (χ2n) is 5.28. The molecular weight excluding hydrogens is 326 g/mol. The second-order valence-corrected chi connectivity index (χ2v) is 8.90. The van der Waals surface area contributed by atoms with Crippen LogP contribution < -0.4 is 14.8 Å². The van der Waals surface area contributed by atoms with Gasteiger partial charge in [-0.1, -0.05) is 0 Å². The Kier molecular flexibility index (Phi) is 5.23. The fourth-order valence-corrected chi connectivity index (χ4v) is 4.54. The van der Waals surface area contributed by atoms with Crippen molar-refractivity contribution in [2.45, 2.75) is 35.6 Å². The van der Waals surface area contributed by atoms with Crippen LogP contribution in [-0.2, 0) is 20.0 Å². The van der Waals surface area contributed by atoms with Crippen LogP contribution in [0.3, 0.4) is 0 Å². The molecule has 1 saturated heterocycles. The van der Waals surface area contributed by atoms with Crippen molar-refractivity contribution in [3.63, 3.8) is 0 Å². The van der Waals surface area contributed by atoms with Gasteiger partial charge in [-0.05, 0) is 57.1 Å². The summed E-state index contributed by atoms with van der Waals surface area (Å²) in [7, 11) is -5.92. The zero-order valence-electron chi connectivity index (χ0n) is 12.6. The summed E-state index contributed by atoms with van der Waals surface area (Å²) < 4.78 is 52.9. The van der Waals surface area contributed by atoms with Crippen LogP contribution in [0, 0.1) is 6.92 Å². The molecule has 1 atom stereocenters. The van der Waals surface area contributed by atoms with E-state index in [2.05, 4.69) is 14.8 Å². The van der Waals surface area contributed by atoms with Gasteiger partial charge in [0.25, 0.3) is 0 Å². The third-order valence-corrected chi connectivity index (χ3v) is 6.69. The van der Waals surface area contributed by atoms with E-state index < -0.39 is 20.0 Å². The van der Waals surface area contributed by atoms with Gasteiger partial charge < -0.3 is 5.32 Å². The van der Waals surface area contributed by atoms with Gasteiger partial charge in [-0.25, -0.2) is 26.3 Å². The fourth-order valence-electron chi connectivity index (χ4n) is 2.43. The summed E-state index contributed by atoms with van der Waals surface area (Å²) in [5, 5.41) is 3.21. The van der Waals surface area contributed by atoms with Gasteiger partial charge >= 0.3 is 0 Å². The highest BCUT2D eigenvalue weighted by molar-refractivity contribution is 7.90. The van der Waals surface area contributed by atoms with Crippen LogP contribution in [0.4, 0.5) is 0 Å². The number of hydrogen-bond acceptors (Lipinski definition) is 5. The van der Waals surface area contributed by atoms with Crippen LogP contribution in [0.15, 0.2) is 28.0 Å². The summed E-state index contributed by atoms with van der Waals surface area (Å²) >= 11 is 0. The molecule has 0 amide bonds. The normalized spacial score (nSPS) is 19.5. The summed E-state index contributed by atoms with van der Waals surface area (Å²) in [5.74, 6) is 0. The average Bonchev–Trinajstić information content (AvgIpc) is 2.98. The lowest BCUT2D eigenvalue weighted by Gasteiger charge is -2.13. The highest BCUT2D eigenvalue weighted by atomic mass is 32.2. The van der Waals surface area contributed by atoms with E-state index in [-0.39, 0.29) is 15.8 Å². The molecule has 0 aromatic heterocycles. The van der Waals surface area contributed by atoms with E-state index in [1.165, 1.54) is 25.2 Å². The Hall–Kier alpha value is -1.00. The average molecular weight is 347 g/mol. The molecule has 0 aliphatic carbocycles. The van der Waals surface area contributed by atoms with Crippen molar-refractivity contribution >= 4 is 20.0 Å². The minimum Gasteiger partial charge on any atom is -0.313 e. The maximum absolute atomic E-state index is 12.3. The van der Waals surface area contributed by atoms with Gasteiger partial charge in [0, 0.05) is 12.6 Å². The molecular formula is C13H21N3O4S2. The second kappa shape index (κ2) is 6.63. The minimum atomic E-state index is -3.64. The molecule has 2 rings (SSSR count). The summed E-state index contributed by atoms with van der Waals surface area (Å²) in [4.78, 5) is 0.143. The Morgan fingerprint density at radius 2 is 1.95 bits per heavy atom. The van der Waals surface area contributed by atoms with Crippen LogP contribution in [0.2, 0.25) is 0 Å². The number of nitrogens with one attached hydrogen (secondary N) is 3. The zero-order chi connectivity index (χ0) is 16.4. The smallest absolute Gasteiger partial charge is 0.240 e. The molecule has 0 saturated carbocycles. The Morgan fingerprint density at radius 3 is 2.50 bits per heavy atom. The standard InChI is InChI=1S/C13H21N3O4S2/c1-10-8-12(5-6-13(10)22(19,20)14-2)21(17,18)16-9-11-4-3-7-15-11/h5-6,8,11,14-16H,3-4,7,9H2,1-2H3. The van der Waals surface area contributed by atoms with E-state index in [1.54, 1.807) is 6.92 Å². The van der Waals surface area contributed by atoms with Gasteiger partial charge in [0.2, 0.25) is 20.0 Å². The lowest BCUT2D eigenvalue weighted by molar-refractivity contribution is 0.551. The highest BCUT2D eigenvalue weighted by Gasteiger charge is 2.21. The molecule has 22 heavy (non-hydrogen) atoms. The van der Waals surface area contributed by atoms with Gasteiger partial charge in [-0.15, -0.1) is 0 Å². The third-order valence-electron chi connectivity index (χ3n) is 3.70. The summed E-state index contributed by atoms with van der Waals surface area (Å²) in [5.41, 5.74) is 0.385. The van der Waals surface area contributed by atoms with Gasteiger partial charge in [0.15, 0.2) is 0 Å². The van der Waals surface area contributed by atoms with Crippen molar-refractivity contribution in [3.8, 4) is 0 Å². The van der Waals surface area contributed by atoms with Crippen molar-refractivity contribution < 1.29 is 16.8 Å². The minimum absolute atomic E-state index is 0.0676. The first kappa shape index (κ1) is 17.4. The Labute approximate surface area is 131 Å². The summed E-state index contributed by atoms with van der Waals surface area (Å²) in [6, 6.07) is 4.14.